The Morgan fingerprint density at radius 2 is 1.92 bits per heavy atom. The van der Waals surface area contributed by atoms with Crippen LogP contribution in [0.2, 0.25) is 0 Å². The van der Waals surface area contributed by atoms with Gasteiger partial charge in [-0.2, -0.15) is 5.10 Å². The molecule has 2 aromatic carbocycles. The third-order valence-corrected chi connectivity index (χ3v) is 3.29. The number of para-hydroxylation sites is 1. The van der Waals surface area contributed by atoms with Crippen LogP contribution < -0.4 is 19.6 Å². The number of hydrogen-bond donors (Lipinski definition) is 1. The maximum atomic E-state index is 11.8. The van der Waals surface area contributed by atoms with Crippen LogP contribution in [-0.2, 0) is 4.79 Å². The van der Waals surface area contributed by atoms with E-state index in [0.29, 0.717) is 17.2 Å². The van der Waals surface area contributed by atoms with E-state index >= 15 is 0 Å². The molecule has 126 valence electrons. The van der Waals surface area contributed by atoms with Gasteiger partial charge in [-0.05, 0) is 30.7 Å². The minimum atomic E-state index is -0.345. The molecule has 24 heavy (non-hydrogen) atoms. The molecule has 6 nitrogen and oxygen atoms in total. The van der Waals surface area contributed by atoms with Gasteiger partial charge in [0.1, 0.15) is 17.2 Å². The highest BCUT2D eigenvalue weighted by Crippen LogP contribution is 2.23. The summed E-state index contributed by atoms with van der Waals surface area (Å²) in [5, 5.41) is 3.91. The summed E-state index contributed by atoms with van der Waals surface area (Å²) < 4.78 is 15.8. The fourth-order valence-corrected chi connectivity index (χ4v) is 1.99. The lowest BCUT2D eigenvalue weighted by Crippen LogP contribution is -2.24. The van der Waals surface area contributed by atoms with E-state index in [4.69, 9.17) is 14.2 Å². The second-order valence-corrected chi connectivity index (χ2v) is 4.96. The largest absolute Gasteiger partial charge is 0.497 e. The van der Waals surface area contributed by atoms with E-state index in [2.05, 4.69) is 10.5 Å². The first-order valence-corrected chi connectivity index (χ1v) is 7.36. The molecule has 0 spiro atoms. The molecule has 2 rings (SSSR count). The van der Waals surface area contributed by atoms with E-state index < -0.39 is 0 Å². The smallest absolute Gasteiger partial charge is 0.277 e. The van der Waals surface area contributed by atoms with Crippen molar-refractivity contribution < 1.29 is 19.0 Å². The van der Waals surface area contributed by atoms with Gasteiger partial charge in [0.25, 0.3) is 5.91 Å². The zero-order chi connectivity index (χ0) is 17.4. The van der Waals surface area contributed by atoms with Gasteiger partial charge in [0.2, 0.25) is 0 Å². The number of nitrogens with zero attached hydrogens (tertiary/aromatic N) is 1. The average Bonchev–Trinajstić information content (AvgIpc) is 2.61. The van der Waals surface area contributed by atoms with Gasteiger partial charge >= 0.3 is 0 Å². The molecule has 0 radical (unpaired) electrons. The van der Waals surface area contributed by atoms with Crippen LogP contribution in [0, 0.1) is 6.92 Å². The normalized spacial score (nSPS) is 10.5. The Hall–Kier alpha value is -3.02. The first kappa shape index (κ1) is 17.3. The topological polar surface area (TPSA) is 69.2 Å². The third kappa shape index (κ3) is 4.74. The Balaban J connectivity index is 1.89. The fourth-order valence-electron chi connectivity index (χ4n) is 1.99. The van der Waals surface area contributed by atoms with Crippen LogP contribution in [0.3, 0.4) is 0 Å². The van der Waals surface area contributed by atoms with Gasteiger partial charge in [-0.1, -0.05) is 18.2 Å². The van der Waals surface area contributed by atoms with Crippen LogP contribution in [-0.4, -0.2) is 32.9 Å². The fraction of sp³-hybridized carbons (Fsp3) is 0.222. The van der Waals surface area contributed by atoms with Crippen molar-refractivity contribution in [2.45, 2.75) is 6.92 Å². The standard InChI is InChI=1S/C18H20N2O4/c1-13-6-4-5-7-16(13)24-12-18(21)20-19-11-14-8-9-15(22-2)10-17(14)23-3/h4-11H,12H2,1-3H3,(H,20,21)/b19-11-. The number of benzene rings is 2. The van der Waals surface area contributed by atoms with E-state index in [1.165, 1.54) is 6.21 Å². The van der Waals surface area contributed by atoms with Gasteiger partial charge in [0.15, 0.2) is 6.61 Å². The highest BCUT2D eigenvalue weighted by molar-refractivity contribution is 5.85. The van der Waals surface area contributed by atoms with Gasteiger partial charge in [-0.25, -0.2) is 5.43 Å². The van der Waals surface area contributed by atoms with E-state index in [9.17, 15) is 4.79 Å². The second kappa shape index (κ2) is 8.57. The predicted molar refractivity (Wildman–Crippen MR) is 92.0 cm³/mol. The van der Waals surface area contributed by atoms with Gasteiger partial charge < -0.3 is 14.2 Å². The van der Waals surface area contributed by atoms with Crippen LogP contribution in [0.15, 0.2) is 47.6 Å². The highest BCUT2D eigenvalue weighted by atomic mass is 16.5. The lowest BCUT2D eigenvalue weighted by atomic mass is 10.2. The molecule has 6 heteroatoms. The summed E-state index contributed by atoms with van der Waals surface area (Å²) in [4.78, 5) is 11.8. The molecule has 0 saturated carbocycles. The van der Waals surface area contributed by atoms with Crippen LogP contribution in [0.5, 0.6) is 17.2 Å². The van der Waals surface area contributed by atoms with Crippen LogP contribution in [0.4, 0.5) is 0 Å². The summed E-state index contributed by atoms with van der Waals surface area (Å²) in [7, 11) is 3.14. The maximum absolute atomic E-state index is 11.8. The van der Waals surface area contributed by atoms with Crippen molar-refractivity contribution in [3.8, 4) is 17.2 Å². The zero-order valence-corrected chi connectivity index (χ0v) is 13.9. The molecule has 0 saturated heterocycles. The van der Waals surface area contributed by atoms with Crippen molar-refractivity contribution in [3.63, 3.8) is 0 Å². The molecule has 0 aliphatic carbocycles. The minimum Gasteiger partial charge on any atom is -0.497 e. The number of hydrazone groups is 1. The zero-order valence-electron chi connectivity index (χ0n) is 13.9. The molecule has 1 N–H and O–H groups in total. The number of rotatable bonds is 7. The molecule has 0 unspecified atom stereocenters. The molecular weight excluding hydrogens is 308 g/mol. The van der Waals surface area contributed by atoms with E-state index in [0.717, 1.165) is 11.1 Å². The van der Waals surface area contributed by atoms with E-state index in [1.807, 2.05) is 31.2 Å². The predicted octanol–water partition coefficient (Wildman–Crippen LogP) is 2.54. The minimum absolute atomic E-state index is 0.109. The summed E-state index contributed by atoms with van der Waals surface area (Å²) in [5.74, 6) is 1.61. The second-order valence-electron chi connectivity index (χ2n) is 4.96. The SMILES string of the molecule is COc1ccc(/C=N\NC(=O)COc2ccccc2C)c(OC)c1. The number of carbonyl (C=O) groups is 1. The Bertz CT molecular complexity index is 729. The Morgan fingerprint density at radius 3 is 2.62 bits per heavy atom. The van der Waals surface area contributed by atoms with Crippen molar-refractivity contribution in [1.82, 2.24) is 5.43 Å². The molecular formula is C18H20N2O4. The number of aryl methyl sites for hydroxylation is 1. The van der Waals surface area contributed by atoms with Crippen molar-refractivity contribution in [2.24, 2.45) is 5.10 Å². The average molecular weight is 328 g/mol. The summed E-state index contributed by atoms with van der Waals surface area (Å²) in [6.07, 6.45) is 1.50. The number of amides is 1. The van der Waals surface area contributed by atoms with E-state index in [-0.39, 0.29) is 12.5 Å². The monoisotopic (exact) mass is 328 g/mol. The molecule has 1 amide bonds. The van der Waals surface area contributed by atoms with E-state index in [1.54, 1.807) is 32.4 Å². The quantitative estimate of drug-likeness (QED) is 0.626. The summed E-state index contributed by atoms with van der Waals surface area (Å²) in [5.41, 5.74) is 4.11. The van der Waals surface area contributed by atoms with Gasteiger partial charge in [0, 0.05) is 11.6 Å². The highest BCUT2D eigenvalue weighted by Gasteiger charge is 2.05. The van der Waals surface area contributed by atoms with Crippen LogP contribution in [0.1, 0.15) is 11.1 Å². The molecule has 2 aromatic rings. The summed E-state index contributed by atoms with van der Waals surface area (Å²) in [6, 6.07) is 12.8. The first-order chi connectivity index (χ1) is 11.6. The Labute approximate surface area is 141 Å². The molecule has 0 atom stereocenters. The van der Waals surface area contributed by atoms with Crippen molar-refractivity contribution in [2.75, 3.05) is 20.8 Å². The number of nitrogens with one attached hydrogen (secondary N) is 1. The molecule has 0 aromatic heterocycles. The molecule has 0 bridgehead atoms. The number of ether oxygens (including phenoxy) is 3. The van der Waals surface area contributed by atoms with Crippen LogP contribution in [0.25, 0.3) is 0 Å². The molecule has 0 aliphatic heterocycles. The lowest BCUT2D eigenvalue weighted by Gasteiger charge is -2.08. The first-order valence-electron chi connectivity index (χ1n) is 7.36. The Morgan fingerprint density at radius 1 is 1.12 bits per heavy atom. The Kier molecular flexibility index (Phi) is 6.19. The van der Waals surface area contributed by atoms with Gasteiger partial charge in [-0.15, -0.1) is 0 Å². The lowest BCUT2D eigenvalue weighted by molar-refractivity contribution is -0.123. The molecule has 0 aliphatic rings. The third-order valence-electron chi connectivity index (χ3n) is 3.29. The number of hydrogen-bond acceptors (Lipinski definition) is 5. The molecule has 0 fully saturated rings. The van der Waals surface area contributed by atoms with Crippen molar-refractivity contribution in [3.05, 3.63) is 53.6 Å². The van der Waals surface area contributed by atoms with Gasteiger partial charge in [-0.3, -0.25) is 4.79 Å². The molecule has 0 heterocycles. The van der Waals surface area contributed by atoms with Crippen LogP contribution >= 0.6 is 0 Å². The maximum Gasteiger partial charge on any atom is 0.277 e. The van der Waals surface area contributed by atoms with Gasteiger partial charge in [0.05, 0.1) is 20.4 Å². The number of carbonyl (C=O) groups excluding carboxylic acids is 1. The van der Waals surface area contributed by atoms with Crippen molar-refractivity contribution in [1.29, 1.82) is 0 Å². The summed E-state index contributed by atoms with van der Waals surface area (Å²) >= 11 is 0. The number of methoxy groups -OCH3 is 2. The summed E-state index contributed by atoms with van der Waals surface area (Å²) in [6.45, 7) is 1.81. The van der Waals surface area contributed by atoms with Crippen molar-refractivity contribution >= 4 is 12.1 Å².